The first-order valence-corrected chi connectivity index (χ1v) is 8.41. The van der Waals surface area contributed by atoms with Crippen LogP contribution in [0, 0.1) is 0 Å². The summed E-state index contributed by atoms with van der Waals surface area (Å²) in [7, 11) is 0. The summed E-state index contributed by atoms with van der Waals surface area (Å²) in [6.07, 6.45) is 6.30. The van der Waals surface area contributed by atoms with Crippen LogP contribution >= 0.6 is 0 Å². The number of rotatable bonds is 5. The van der Waals surface area contributed by atoms with Crippen molar-refractivity contribution >= 4 is 11.1 Å². The fourth-order valence-electron chi connectivity index (χ4n) is 3.10. The van der Waals surface area contributed by atoms with Crippen molar-refractivity contribution in [3.05, 3.63) is 88.5 Å². The number of nitrogens with one attached hydrogen (secondary N) is 1. The molecule has 3 heterocycles. The van der Waals surface area contributed by atoms with Crippen LogP contribution in [0.3, 0.4) is 0 Å². The Morgan fingerprint density at radius 3 is 2.64 bits per heavy atom. The Balaban J connectivity index is 1.63. The van der Waals surface area contributed by atoms with Crippen LogP contribution in [0.5, 0.6) is 0 Å². The molecular weight excluding hydrogens is 312 g/mol. The van der Waals surface area contributed by atoms with E-state index in [4.69, 9.17) is 4.42 Å². The molecule has 0 unspecified atom stereocenters. The van der Waals surface area contributed by atoms with Crippen LogP contribution in [0.4, 0.5) is 0 Å². The predicted octanol–water partition coefficient (Wildman–Crippen LogP) is 4.36. The van der Waals surface area contributed by atoms with Crippen LogP contribution in [-0.4, -0.2) is 9.97 Å². The van der Waals surface area contributed by atoms with E-state index in [1.807, 2.05) is 36.4 Å². The molecule has 0 amide bonds. The van der Waals surface area contributed by atoms with Crippen molar-refractivity contribution in [2.24, 2.45) is 0 Å². The number of aromatic amines is 1. The zero-order chi connectivity index (χ0) is 17.1. The van der Waals surface area contributed by atoms with Gasteiger partial charge in [-0.3, -0.25) is 9.78 Å². The lowest BCUT2D eigenvalue weighted by Crippen LogP contribution is -2.03. The first-order valence-electron chi connectivity index (χ1n) is 8.41. The van der Waals surface area contributed by atoms with Gasteiger partial charge in [-0.15, -0.1) is 0 Å². The number of aryl methyl sites for hydroxylation is 2. The van der Waals surface area contributed by atoms with Gasteiger partial charge in [0.15, 0.2) is 5.58 Å². The number of hydrogen-bond donors (Lipinski definition) is 1. The van der Waals surface area contributed by atoms with Crippen molar-refractivity contribution in [2.75, 3.05) is 0 Å². The lowest BCUT2D eigenvalue weighted by molar-refractivity contribution is 0.624. The minimum atomic E-state index is -0.0693. The van der Waals surface area contributed by atoms with E-state index in [9.17, 15) is 4.79 Å². The Morgan fingerprint density at radius 1 is 0.960 bits per heavy atom. The van der Waals surface area contributed by atoms with E-state index in [1.54, 1.807) is 18.5 Å². The van der Waals surface area contributed by atoms with Crippen LogP contribution in [0.15, 0.2) is 76.2 Å². The summed E-state index contributed by atoms with van der Waals surface area (Å²) >= 11 is 0. The third kappa shape index (κ3) is 3.24. The van der Waals surface area contributed by atoms with Crippen molar-refractivity contribution < 1.29 is 4.42 Å². The molecular formula is C21H18N2O2. The van der Waals surface area contributed by atoms with Crippen molar-refractivity contribution in [2.45, 2.75) is 19.3 Å². The normalized spacial score (nSPS) is 11.0. The monoisotopic (exact) mass is 330 g/mol. The number of benzene rings is 1. The molecule has 1 aromatic carbocycles. The number of nitrogens with zero attached hydrogens (tertiary/aromatic N) is 1. The van der Waals surface area contributed by atoms with E-state index in [0.29, 0.717) is 0 Å². The smallest absolute Gasteiger partial charge is 0.247 e. The molecule has 0 spiro atoms. The van der Waals surface area contributed by atoms with Crippen LogP contribution in [-0.2, 0) is 12.8 Å². The second-order valence-corrected chi connectivity index (χ2v) is 6.04. The molecule has 25 heavy (non-hydrogen) atoms. The minimum Gasteiger partial charge on any atom is -0.454 e. The van der Waals surface area contributed by atoms with Gasteiger partial charge in [0.05, 0.1) is 0 Å². The summed E-state index contributed by atoms with van der Waals surface area (Å²) in [6.45, 7) is 0. The third-order valence-electron chi connectivity index (χ3n) is 4.32. The molecule has 0 bridgehead atoms. The van der Waals surface area contributed by atoms with Gasteiger partial charge in [0, 0.05) is 29.6 Å². The molecule has 0 saturated heterocycles. The number of aromatic nitrogens is 2. The number of pyridine rings is 2. The molecule has 1 N–H and O–H groups in total. The molecule has 3 aromatic heterocycles. The van der Waals surface area contributed by atoms with E-state index in [1.165, 1.54) is 0 Å². The topological polar surface area (TPSA) is 58.9 Å². The fourth-order valence-corrected chi connectivity index (χ4v) is 3.10. The number of H-pyrrole nitrogens is 1. The Morgan fingerprint density at radius 2 is 1.84 bits per heavy atom. The minimum absolute atomic E-state index is 0.0693. The van der Waals surface area contributed by atoms with Crippen LogP contribution in [0.2, 0.25) is 0 Å². The maximum Gasteiger partial charge on any atom is 0.247 e. The summed E-state index contributed by atoms with van der Waals surface area (Å²) in [6, 6.07) is 17.4. The van der Waals surface area contributed by atoms with Crippen molar-refractivity contribution in [1.29, 1.82) is 0 Å². The first-order chi connectivity index (χ1) is 12.3. The molecule has 4 heteroatoms. The Bertz CT molecular complexity index is 1030. The Kier molecular flexibility index (Phi) is 4.17. The first kappa shape index (κ1) is 15.4. The summed E-state index contributed by atoms with van der Waals surface area (Å²) < 4.78 is 6.09. The largest absolute Gasteiger partial charge is 0.454 e. The number of furan rings is 1. The van der Waals surface area contributed by atoms with Gasteiger partial charge in [0.2, 0.25) is 5.56 Å². The number of hydrogen-bond acceptors (Lipinski definition) is 3. The third-order valence-corrected chi connectivity index (χ3v) is 4.32. The molecule has 0 aliphatic heterocycles. The molecule has 4 nitrogen and oxygen atoms in total. The molecule has 0 radical (unpaired) electrons. The molecule has 0 aliphatic carbocycles. The quantitative estimate of drug-likeness (QED) is 0.591. The average molecular weight is 330 g/mol. The van der Waals surface area contributed by atoms with Gasteiger partial charge in [0.1, 0.15) is 11.3 Å². The predicted molar refractivity (Wildman–Crippen MR) is 98.5 cm³/mol. The summed E-state index contributed by atoms with van der Waals surface area (Å²) in [5, 5.41) is 0. The van der Waals surface area contributed by atoms with Crippen molar-refractivity contribution in [3.8, 4) is 11.3 Å². The second kappa shape index (κ2) is 6.77. The van der Waals surface area contributed by atoms with Gasteiger partial charge in [0.25, 0.3) is 0 Å². The Labute approximate surface area is 145 Å². The maximum atomic E-state index is 11.2. The summed E-state index contributed by atoms with van der Waals surface area (Å²) in [5.74, 6) is 0.899. The van der Waals surface area contributed by atoms with E-state index in [0.717, 1.165) is 52.8 Å². The summed E-state index contributed by atoms with van der Waals surface area (Å²) in [4.78, 5) is 18.4. The average Bonchev–Trinajstić information content (AvgIpc) is 3.03. The standard InChI is InChI=1S/C21H18N2O2/c24-19-12-11-15(14-23-19)6-4-9-17-20-18(10-5-13-22-20)25-21(17)16-7-2-1-3-8-16/h1-3,5,7-8,10-14H,4,6,9H2,(H,23,24). The van der Waals surface area contributed by atoms with Gasteiger partial charge in [-0.25, -0.2) is 0 Å². The van der Waals surface area contributed by atoms with Gasteiger partial charge in [-0.2, -0.15) is 0 Å². The second-order valence-electron chi connectivity index (χ2n) is 6.04. The molecule has 4 rings (SSSR count). The zero-order valence-electron chi connectivity index (χ0n) is 13.7. The lowest BCUT2D eigenvalue weighted by Gasteiger charge is -2.04. The van der Waals surface area contributed by atoms with E-state index in [-0.39, 0.29) is 5.56 Å². The lowest BCUT2D eigenvalue weighted by atomic mass is 10.0. The highest BCUT2D eigenvalue weighted by atomic mass is 16.3. The van der Waals surface area contributed by atoms with Crippen LogP contribution in [0.25, 0.3) is 22.4 Å². The Hall–Kier alpha value is -3.14. The SMILES string of the molecule is O=c1ccc(CCCc2c(-c3ccccc3)oc3cccnc23)c[nH]1. The molecule has 0 aliphatic rings. The highest BCUT2D eigenvalue weighted by molar-refractivity contribution is 5.84. The number of fused-ring (bicyclic) bond motifs is 1. The molecule has 124 valence electrons. The summed E-state index contributed by atoms with van der Waals surface area (Å²) in [5.41, 5.74) is 5.02. The van der Waals surface area contributed by atoms with Gasteiger partial charge < -0.3 is 9.40 Å². The maximum absolute atomic E-state index is 11.2. The molecule has 4 aromatic rings. The molecule has 0 atom stereocenters. The fraction of sp³-hybridized carbons (Fsp3) is 0.143. The molecule has 0 saturated carbocycles. The van der Waals surface area contributed by atoms with Gasteiger partial charge in [-0.05, 0) is 37.0 Å². The highest BCUT2D eigenvalue weighted by Crippen LogP contribution is 2.33. The van der Waals surface area contributed by atoms with E-state index >= 15 is 0 Å². The van der Waals surface area contributed by atoms with E-state index < -0.39 is 0 Å². The van der Waals surface area contributed by atoms with Crippen molar-refractivity contribution in [1.82, 2.24) is 9.97 Å². The van der Waals surface area contributed by atoms with Crippen LogP contribution < -0.4 is 5.56 Å². The zero-order valence-corrected chi connectivity index (χ0v) is 13.7. The van der Waals surface area contributed by atoms with Gasteiger partial charge >= 0.3 is 0 Å². The van der Waals surface area contributed by atoms with Gasteiger partial charge in [-0.1, -0.05) is 36.4 Å². The molecule has 0 fully saturated rings. The van der Waals surface area contributed by atoms with Crippen molar-refractivity contribution in [3.63, 3.8) is 0 Å². The van der Waals surface area contributed by atoms with E-state index in [2.05, 4.69) is 22.1 Å². The highest BCUT2D eigenvalue weighted by Gasteiger charge is 2.16. The van der Waals surface area contributed by atoms with Crippen LogP contribution in [0.1, 0.15) is 17.5 Å².